The van der Waals surface area contributed by atoms with Gasteiger partial charge in [-0.3, -0.25) is 10.1 Å². The number of hydrogen-bond donors (Lipinski definition) is 1. The van der Waals surface area contributed by atoms with E-state index < -0.39 is 4.92 Å². The van der Waals surface area contributed by atoms with E-state index in [0.717, 1.165) is 17.1 Å². The van der Waals surface area contributed by atoms with E-state index in [1.807, 2.05) is 35.9 Å². The number of fused-ring (bicyclic) bond motifs is 1. The second-order valence-electron chi connectivity index (χ2n) is 4.12. The van der Waals surface area contributed by atoms with Crippen molar-refractivity contribution in [3.05, 3.63) is 51.8 Å². The van der Waals surface area contributed by atoms with E-state index >= 15 is 0 Å². The first-order valence-electron chi connectivity index (χ1n) is 5.64. The molecule has 1 aromatic heterocycles. The molecule has 6 heteroatoms. The van der Waals surface area contributed by atoms with Gasteiger partial charge in [-0.2, -0.15) is 0 Å². The zero-order valence-electron chi connectivity index (χ0n) is 10.6. The Hall–Kier alpha value is -2.63. The molecular formula is C13H13N3O3. The first-order chi connectivity index (χ1) is 9.06. The van der Waals surface area contributed by atoms with Gasteiger partial charge >= 0.3 is 0 Å². The Bertz CT molecular complexity index is 698. The smallest absolute Gasteiger partial charge is 0.235 e. The minimum atomic E-state index is -0.517. The van der Waals surface area contributed by atoms with Crippen LogP contribution in [0.25, 0.3) is 17.0 Å². The molecule has 0 fully saturated rings. The lowest BCUT2D eigenvalue weighted by Gasteiger charge is -2.03. The second kappa shape index (κ2) is 4.93. The Morgan fingerprint density at radius 1 is 1.47 bits per heavy atom. The van der Waals surface area contributed by atoms with Crippen molar-refractivity contribution in [1.82, 2.24) is 4.57 Å². The summed E-state index contributed by atoms with van der Waals surface area (Å²) in [7, 11) is 1.83. The van der Waals surface area contributed by atoms with Crippen molar-refractivity contribution in [3.63, 3.8) is 0 Å². The first kappa shape index (κ1) is 12.8. The molecule has 0 saturated carbocycles. The van der Waals surface area contributed by atoms with Crippen LogP contribution >= 0.6 is 0 Å². The second-order valence-corrected chi connectivity index (χ2v) is 4.12. The van der Waals surface area contributed by atoms with Crippen LogP contribution in [-0.2, 0) is 7.05 Å². The lowest BCUT2D eigenvalue weighted by atomic mass is 10.1. The van der Waals surface area contributed by atoms with Gasteiger partial charge in [-0.05, 0) is 13.0 Å². The Balaban J connectivity index is 2.80. The number of benzene rings is 1. The molecule has 0 bridgehead atoms. The molecule has 0 saturated heterocycles. The van der Waals surface area contributed by atoms with Gasteiger partial charge in [-0.15, -0.1) is 0 Å². The number of nitro groups is 1. The number of nitrogens with zero attached hydrogens (tertiary/aromatic N) is 3. The standard InChI is InChI=1S/C13H13N3O3/c1-9(14-17)13-11(7-8-16(18)19)10-5-3-4-6-12(10)15(13)2/h3-8,17H,1-2H3/b8-7+,14-9+. The van der Waals surface area contributed by atoms with Crippen LogP contribution in [0.4, 0.5) is 0 Å². The number of aryl methyl sites for hydroxylation is 1. The van der Waals surface area contributed by atoms with E-state index in [4.69, 9.17) is 5.21 Å². The summed E-state index contributed by atoms with van der Waals surface area (Å²) < 4.78 is 1.85. The predicted molar refractivity (Wildman–Crippen MR) is 72.9 cm³/mol. The van der Waals surface area contributed by atoms with Gasteiger partial charge in [0.15, 0.2) is 0 Å². The minimum Gasteiger partial charge on any atom is -0.411 e. The van der Waals surface area contributed by atoms with Gasteiger partial charge in [-0.1, -0.05) is 23.4 Å². The van der Waals surface area contributed by atoms with E-state index in [2.05, 4.69) is 5.16 Å². The van der Waals surface area contributed by atoms with E-state index in [0.29, 0.717) is 17.0 Å². The highest BCUT2D eigenvalue weighted by Gasteiger charge is 2.16. The molecule has 1 aromatic carbocycles. The molecule has 19 heavy (non-hydrogen) atoms. The van der Waals surface area contributed by atoms with Crippen LogP contribution in [0.3, 0.4) is 0 Å². The average Bonchev–Trinajstić information content (AvgIpc) is 2.69. The maximum absolute atomic E-state index is 10.5. The summed E-state index contributed by atoms with van der Waals surface area (Å²) in [5.74, 6) is 0. The fourth-order valence-electron chi connectivity index (χ4n) is 2.21. The quantitative estimate of drug-likeness (QED) is 0.398. The molecule has 2 rings (SSSR count). The molecule has 0 radical (unpaired) electrons. The molecule has 1 heterocycles. The monoisotopic (exact) mass is 259 g/mol. The SMILES string of the molecule is C/C(=N\O)c1c(/C=C/[N+](=O)[O-])c2ccccc2n1C. The molecule has 2 aromatic rings. The maximum atomic E-state index is 10.5. The van der Waals surface area contributed by atoms with Crippen molar-refractivity contribution in [2.45, 2.75) is 6.92 Å². The third-order valence-corrected chi connectivity index (χ3v) is 3.00. The number of para-hydroxylation sites is 1. The van der Waals surface area contributed by atoms with Crippen molar-refractivity contribution >= 4 is 22.7 Å². The molecule has 0 unspecified atom stereocenters. The van der Waals surface area contributed by atoms with E-state index in [9.17, 15) is 10.1 Å². The largest absolute Gasteiger partial charge is 0.411 e. The molecular weight excluding hydrogens is 246 g/mol. The summed E-state index contributed by atoms with van der Waals surface area (Å²) in [5.41, 5.74) is 2.65. The van der Waals surface area contributed by atoms with E-state index in [1.54, 1.807) is 6.92 Å². The Morgan fingerprint density at radius 3 is 2.79 bits per heavy atom. The third kappa shape index (κ3) is 2.20. The molecule has 1 N–H and O–H groups in total. The van der Waals surface area contributed by atoms with Crippen LogP contribution in [0, 0.1) is 10.1 Å². The van der Waals surface area contributed by atoms with Gasteiger partial charge in [0.05, 0.1) is 10.6 Å². The van der Waals surface area contributed by atoms with Gasteiger partial charge in [-0.25, -0.2) is 0 Å². The first-order valence-corrected chi connectivity index (χ1v) is 5.64. The van der Waals surface area contributed by atoms with Gasteiger partial charge in [0.1, 0.15) is 5.71 Å². The Morgan fingerprint density at radius 2 is 2.16 bits per heavy atom. The van der Waals surface area contributed by atoms with Gasteiger partial charge in [0.2, 0.25) is 6.20 Å². The van der Waals surface area contributed by atoms with Crippen molar-refractivity contribution in [1.29, 1.82) is 0 Å². The lowest BCUT2D eigenvalue weighted by Crippen LogP contribution is -2.04. The number of rotatable bonds is 3. The highest BCUT2D eigenvalue weighted by atomic mass is 16.6. The topological polar surface area (TPSA) is 80.7 Å². The fraction of sp³-hybridized carbons (Fsp3) is 0.154. The summed E-state index contributed by atoms with van der Waals surface area (Å²) >= 11 is 0. The van der Waals surface area contributed by atoms with E-state index in [-0.39, 0.29) is 0 Å². The molecule has 0 amide bonds. The third-order valence-electron chi connectivity index (χ3n) is 3.00. The van der Waals surface area contributed by atoms with Crippen molar-refractivity contribution in [3.8, 4) is 0 Å². The van der Waals surface area contributed by atoms with Crippen LogP contribution in [0.5, 0.6) is 0 Å². The molecule has 0 aliphatic carbocycles. The van der Waals surface area contributed by atoms with Gasteiger partial charge in [0.25, 0.3) is 0 Å². The molecule has 0 atom stereocenters. The van der Waals surface area contributed by atoms with Crippen molar-refractivity contribution in [2.75, 3.05) is 0 Å². The Labute approximate surface area is 109 Å². The predicted octanol–water partition coefficient (Wildman–Crippen LogP) is 2.62. The minimum absolute atomic E-state index is 0.404. The number of aromatic nitrogens is 1. The summed E-state index contributed by atoms with van der Waals surface area (Å²) in [4.78, 5) is 9.98. The number of oxime groups is 1. The average molecular weight is 259 g/mol. The van der Waals surface area contributed by atoms with E-state index in [1.165, 1.54) is 6.08 Å². The van der Waals surface area contributed by atoms with Crippen LogP contribution < -0.4 is 0 Å². The highest BCUT2D eigenvalue weighted by molar-refractivity contribution is 6.07. The van der Waals surface area contributed by atoms with Crippen LogP contribution in [0.1, 0.15) is 18.2 Å². The van der Waals surface area contributed by atoms with Crippen molar-refractivity contribution in [2.24, 2.45) is 12.2 Å². The molecule has 0 spiro atoms. The lowest BCUT2D eigenvalue weighted by molar-refractivity contribution is -0.400. The molecule has 0 aliphatic heterocycles. The Kier molecular flexibility index (Phi) is 3.33. The summed E-state index contributed by atoms with van der Waals surface area (Å²) in [6.45, 7) is 1.65. The molecule has 0 aliphatic rings. The van der Waals surface area contributed by atoms with Gasteiger partial charge < -0.3 is 9.77 Å². The normalized spacial score (nSPS) is 12.4. The van der Waals surface area contributed by atoms with Gasteiger partial charge in [0, 0.05) is 29.6 Å². The van der Waals surface area contributed by atoms with Crippen LogP contribution in [0.2, 0.25) is 0 Å². The summed E-state index contributed by atoms with van der Waals surface area (Å²) in [5, 5.41) is 23.5. The van der Waals surface area contributed by atoms with Crippen LogP contribution in [0.15, 0.2) is 35.6 Å². The summed E-state index contributed by atoms with van der Waals surface area (Å²) in [6.07, 6.45) is 2.31. The van der Waals surface area contributed by atoms with Crippen molar-refractivity contribution < 1.29 is 10.1 Å². The number of hydrogen-bond acceptors (Lipinski definition) is 4. The maximum Gasteiger partial charge on any atom is 0.235 e. The highest BCUT2D eigenvalue weighted by Crippen LogP contribution is 2.27. The fourth-order valence-corrected chi connectivity index (χ4v) is 2.21. The summed E-state index contributed by atoms with van der Waals surface area (Å²) in [6, 6.07) is 7.54. The molecule has 6 nitrogen and oxygen atoms in total. The molecule has 98 valence electrons. The zero-order chi connectivity index (χ0) is 14.0. The zero-order valence-corrected chi connectivity index (χ0v) is 10.6. The van der Waals surface area contributed by atoms with Crippen LogP contribution in [-0.4, -0.2) is 20.4 Å².